The zero-order chi connectivity index (χ0) is 20.4. The van der Waals surface area contributed by atoms with Gasteiger partial charge in [-0.25, -0.2) is 0 Å². The van der Waals surface area contributed by atoms with Gasteiger partial charge in [0.25, 0.3) is 5.56 Å². The number of para-hydroxylation sites is 1. The Morgan fingerprint density at radius 1 is 1.21 bits per heavy atom. The van der Waals surface area contributed by atoms with Gasteiger partial charge in [-0.1, -0.05) is 43.8 Å². The molecule has 0 unspecified atom stereocenters. The lowest BCUT2D eigenvalue weighted by Crippen LogP contribution is -2.25. The molecule has 0 saturated heterocycles. The monoisotopic (exact) mass is 427 g/mol. The minimum Gasteiger partial charge on any atom is -0.350 e. The van der Waals surface area contributed by atoms with E-state index in [4.69, 9.17) is 0 Å². The Balaban J connectivity index is 1.64. The largest absolute Gasteiger partial charge is 0.350 e. The van der Waals surface area contributed by atoms with Crippen molar-refractivity contribution in [3.05, 3.63) is 57.0 Å². The summed E-state index contributed by atoms with van der Waals surface area (Å²) in [7, 11) is 0. The number of fused-ring (bicyclic) bond motifs is 3. The van der Waals surface area contributed by atoms with Gasteiger partial charge in [-0.05, 0) is 29.5 Å². The van der Waals surface area contributed by atoms with E-state index in [0.29, 0.717) is 29.4 Å². The van der Waals surface area contributed by atoms with Gasteiger partial charge in [-0.2, -0.15) is 0 Å². The molecule has 0 spiro atoms. The van der Waals surface area contributed by atoms with Gasteiger partial charge in [-0.15, -0.1) is 21.5 Å². The minimum absolute atomic E-state index is 0.0695. The van der Waals surface area contributed by atoms with Crippen LogP contribution in [0.5, 0.6) is 0 Å². The molecule has 1 aromatic carbocycles. The van der Waals surface area contributed by atoms with Gasteiger partial charge in [0.05, 0.1) is 23.2 Å². The summed E-state index contributed by atoms with van der Waals surface area (Å²) in [6.45, 7) is 5.19. The third-order valence-corrected chi connectivity index (χ3v) is 6.20. The van der Waals surface area contributed by atoms with Gasteiger partial charge in [-0.3, -0.25) is 18.6 Å². The molecule has 29 heavy (non-hydrogen) atoms. The molecule has 7 nitrogen and oxygen atoms in total. The summed E-state index contributed by atoms with van der Waals surface area (Å²) in [6.07, 6.45) is 0. The average Bonchev–Trinajstić information content (AvgIpc) is 3.37. The number of aromatic nitrogens is 4. The van der Waals surface area contributed by atoms with Gasteiger partial charge in [0.2, 0.25) is 11.7 Å². The molecule has 3 heterocycles. The smallest absolute Gasteiger partial charge is 0.262 e. The third kappa shape index (κ3) is 4.06. The number of amides is 1. The van der Waals surface area contributed by atoms with Crippen LogP contribution in [0.15, 0.2) is 51.7 Å². The number of thioether (sulfide) groups is 1. The lowest BCUT2D eigenvalue weighted by Gasteiger charge is -2.12. The highest BCUT2D eigenvalue weighted by Crippen LogP contribution is 2.22. The summed E-state index contributed by atoms with van der Waals surface area (Å²) in [4.78, 5) is 26.3. The lowest BCUT2D eigenvalue weighted by atomic mass is 10.2. The second-order valence-corrected chi connectivity index (χ2v) is 9.06. The highest BCUT2D eigenvalue weighted by molar-refractivity contribution is 7.99. The van der Waals surface area contributed by atoms with Crippen molar-refractivity contribution in [2.24, 2.45) is 5.92 Å². The Morgan fingerprint density at radius 2 is 2.03 bits per heavy atom. The molecule has 1 N–H and O–H groups in total. The maximum Gasteiger partial charge on any atom is 0.262 e. The molecule has 0 fully saturated rings. The number of hydrogen-bond acceptors (Lipinski definition) is 6. The van der Waals surface area contributed by atoms with Crippen molar-refractivity contribution in [2.75, 3.05) is 5.75 Å². The van der Waals surface area contributed by atoms with Gasteiger partial charge < -0.3 is 5.32 Å². The summed E-state index contributed by atoms with van der Waals surface area (Å²) in [5.74, 6) is 0.946. The first-order valence-electron chi connectivity index (χ1n) is 9.33. The van der Waals surface area contributed by atoms with Crippen LogP contribution in [0.1, 0.15) is 18.7 Å². The standard InChI is InChI=1S/C20H21N5O2S2/c1-13(2)11-24-18(27)15-7-3-4-8-16(15)25-19(24)22-23-20(25)29-12-17(26)21-10-14-6-5-9-28-14/h3-9,13H,10-12H2,1-2H3,(H,21,26). The molecule has 0 aliphatic heterocycles. The first-order chi connectivity index (χ1) is 14.0. The van der Waals surface area contributed by atoms with Crippen molar-refractivity contribution in [2.45, 2.75) is 32.1 Å². The normalized spacial score (nSPS) is 11.6. The molecule has 0 atom stereocenters. The number of nitrogens with zero attached hydrogens (tertiary/aromatic N) is 4. The van der Waals surface area contributed by atoms with E-state index in [1.807, 2.05) is 46.2 Å². The van der Waals surface area contributed by atoms with Crippen LogP contribution in [0.25, 0.3) is 16.7 Å². The van der Waals surface area contributed by atoms with E-state index < -0.39 is 0 Å². The van der Waals surface area contributed by atoms with E-state index in [1.54, 1.807) is 15.9 Å². The number of hydrogen-bond donors (Lipinski definition) is 1. The lowest BCUT2D eigenvalue weighted by molar-refractivity contribution is -0.118. The first-order valence-corrected chi connectivity index (χ1v) is 11.2. The van der Waals surface area contributed by atoms with Crippen molar-refractivity contribution < 1.29 is 4.79 Å². The van der Waals surface area contributed by atoms with Crippen LogP contribution >= 0.6 is 23.1 Å². The Kier molecular flexibility index (Phi) is 5.68. The molecule has 4 rings (SSSR count). The van der Waals surface area contributed by atoms with Crippen molar-refractivity contribution in [3.8, 4) is 0 Å². The zero-order valence-corrected chi connectivity index (χ0v) is 17.8. The van der Waals surface area contributed by atoms with Crippen LogP contribution in [0.4, 0.5) is 0 Å². The van der Waals surface area contributed by atoms with E-state index in [2.05, 4.69) is 29.4 Å². The van der Waals surface area contributed by atoms with Gasteiger partial charge in [0.15, 0.2) is 5.16 Å². The molecule has 4 aromatic rings. The molecule has 0 aliphatic carbocycles. The second kappa shape index (κ2) is 8.38. The van der Waals surface area contributed by atoms with Crippen molar-refractivity contribution in [3.63, 3.8) is 0 Å². The van der Waals surface area contributed by atoms with Gasteiger partial charge in [0.1, 0.15) is 0 Å². The fraction of sp³-hybridized carbons (Fsp3) is 0.300. The molecular weight excluding hydrogens is 406 g/mol. The van der Waals surface area contributed by atoms with Crippen molar-refractivity contribution >= 4 is 45.7 Å². The van der Waals surface area contributed by atoms with Crippen LogP contribution in [0.3, 0.4) is 0 Å². The van der Waals surface area contributed by atoms with E-state index in [1.165, 1.54) is 11.8 Å². The minimum atomic E-state index is -0.0700. The summed E-state index contributed by atoms with van der Waals surface area (Å²) in [5, 5.41) is 14.7. The zero-order valence-electron chi connectivity index (χ0n) is 16.2. The maximum absolute atomic E-state index is 13.0. The van der Waals surface area contributed by atoms with E-state index >= 15 is 0 Å². The predicted octanol–water partition coefficient (Wildman–Crippen LogP) is 3.17. The van der Waals surface area contributed by atoms with E-state index in [9.17, 15) is 9.59 Å². The summed E-state index contributed by atoms with van der Waals surface area (Å²) >= 11 is 2.93. The number of benzene rings is 1. The topological polar surface area (TPSA) is 81.3 Å². The van der Waals surface area contributed by atoms with E-state index in [-0.39, 0.29) is 23.1 Å². The van der Waals surface area contributed by atoms with Crippen LogP contribution in [0, 0.1) is 5.92 Å². The molecule has 9 heteroatoms. The Labute approximate surface area is 175 Å². The fourth-order valence-corrected chi connectivity index (χ4v) is 4.55. The highest BCUT2D eigenvalue weighted by Gasteiger charge is 2.18. The maximum atomic E-state index is 13.0. The van der Waals surface area contributed by atoms with Crippen LogP contribution in [0.2, 0.25) is 0 Å². The van der Waals surface area contributed by atoms with Crippen molar-refractivity contribution in [1.82, 2.24) is 24.5 Å². The average molecular weight is 428 g/mol. The molecule has 0 saturated carbocycles. The predicted molar refractivity (Wildman–Crippen MR) is 116 cm³/mol. The number of nitrogens with one attached hydrogen (secondary N) is 1. The van der Waals surface area contributed by atoms with Crippen molar-refractivity contribution in [1.29, 1.82) is 0 Å². The fourth-order valence-electron chi connectivity index (χ4n) is 3.14. The number of rotatable bonds is 7. The van der Waals surface area contributed by atoms with E-state index in [0.717, 1.165) is 10.4 Å². The van der Waals surface area contributed by atoms with Crippen LogP contribution in [-0.4, -0.2) is 30.8 Å². The molecular formula is C20H21N5O2S2. The number of thiophene rings is 1. The molecule has 1 amide bonds. The first kappa shape index (κ1) is 19.7. The molecule has 150 valence electrons. The van der Waals surface area contributed by atoms with Crippen LogP contribution < -0.4 is 10.9 Å². The quantitative estimate of drug-likeness (QED) is 0.458. The molecule has 0 bridgehead atoms. The Bertz CT molecular complexity index is 1210. The summed E-state index contributed by atoms with van der Waals surface area (Å²) in [5.41, 5.74) is 0.679. The second-order valence-electron chi connectivity index (χ2n) is 7.09. The molecule has 0 radical (unpaired) electrons. The molecule has 3 aromatic heterocycles. The van der Waals surface area contributed by atoms with Gasteiger partial charge in [0, 0.05) is 11.4 Å². The Morgan fingerprint density at radius 3 is 2.79 bits per heavy atom. The Hall–Kier alpha value is -2.65. The molecule has 0 aliphatic rings. The SMILES string of the molecule is CC(C)Cn1c(=O)c2ccccc2n2c(SCC(=O)NCc3cccs3)nnc12. The number of carbonyl (C=O) groups excluding carboxylic acids is 1. The third-order valence-electron chi connectivity index (χ3n) is 4.40. The van der Waals surface area contributed by atoms with Crippen LogP contribution in [-0.2, 0) is 17.9 Å². The van der Waals surface area contributed by atoms with Gasteiger partial charge >= 0.3 is 0 Å². The number of carbonyl (C=O) groups is 1. The highest BCUT2D eigenvalue weighted by atomic mass is 32.2. The summed E-state index contributed by atoms with van der Waals surface area (Å²) in [6, 6.07) is 11.4. The summed E-state index contributed by atoms with van der Waals surface area (Å²) < 4.78 is 3.54.